The molecule has 1 N–H and O–H groups in total. The summed E-state index contributed by atoms with van der Waals surface area (Å²) in [5, 5.41) is 7.23. The smallest absolute Gasteiger partial charge is 0.0349 e. The predicted octanol–water partition coefficient (Wildman–Crippen LogP) is 5.28. The van der Waals surface area contributed by atoms with Gasteiger partial charge in [-0.05, 0) is 60.7 Å². The Bertz CT molecular complexity index is 511. The summed E-state index contributed by atoms with van der Waals surface area (Å²) in [4.78, 5) is 0. The van der Waals surface area contributed by atoms with Crippen molar-refractivity contribution in [2.24, 2.45) is 5.92 Å². The molecule has 3 rings (SSSR count). The van der Waals surface area contributed by atoms with Crippen LogP contribution in [0.1, 0.15) is 39.0 Å². The molecule has 2 aromatic rings. The molecule has 1 unspecified atom stereocenters. The van der Waals surface area contributed by atoms with Crippen LogP contribution in [0, 0.1) is 5.92 Å². The fraction of sp³-hybridized carbons (Fsp3) is 0.500. The zero-order valence-corrected chi connectivity index (χ0v) is 11.8. The molecule has 2 heteroatoms. The fourth-order valence-electron chi connectivity index (χ4n) is 3.07. The van der Waals surface area contributed by atoms with Gasteiger partial charge < -0.3 is 5.32 Å². The molecule has 1 nitrogen and oxygen atoms in total. The van der Waals surface area contributed by atoms with Gasteiger partial charge in [0.05, 0.1) is 0 Å². The van der Waals surface area contributed by atoms with Crippen LogP contribution in [-0.4, -0.2) is 6.04 Å². The fourth-order valence-corrected chi connectivity index (χ4v) is 3.84. The zero-order valence-electron chi connectivity index (χ0n) is 11.0. The molecule has 0 aliphatic heterocycles. The number of hydrogen-bond acceptors (Lipinski definition) is 2. The van der Waals surface area contributed by atoms with E-state index < -0.39 is 0 Å². The second-order valence-corrected chi connectivity index (χ2v) is 6.45. The second kappa shape index (κ2) is 5.31. The van der Waals surface area contributed by atoms with E-state index in [-0.39, 0.29) is 0 Å². The number of benzene rings is 1. The van der Waals surface area contributed by atoms with Gasteiger partial charge in [-0.25, -0.2) is 0 Å². The molecule has 0 amide bonds. The number of fused-ring (bicyclic) bond motifs is 1. The van der Waals surface area contributed by atoms with Crippen molar-refractivity contribution in [3.63, 3.8) is 0 Å². The minimum Gasteiger partial charge on any atom is -0.382 e. The van der Waals surface area contributed by atoms with Gasteiger partial charge in [-0.1, -0.05) is 19.3 Å². The molecular formula is C16H21NS. The van der Waals surface area contributed by atoms with Gasteiger partial charge in [0.1, 0.15) is 0 Å². The van der Waals surface area contributed by atoms with Crippen molar-refractivity contribution in [1.82, 2.24) is 0 Å². The molecular weight excluding hydrogens is 238 g/mol. The average molecular weight is 259 g/mol. The lowest BCUT2D eigenvalue weighted by Gasteiger charge is -2.29. The van der Waals surface area contributed by atoms with Crippen molar-refractivity contribution in [2.45, 2.75) is 45.1 Å². The summed E-state index contributed by atoms with van der Waals surface area (Å²) in [5.74, 6) is 0.858. The van der Waals surface area contributed by atoms with E-state index in [4.69, 9.17) is 0 Å². The van der Waals surface area contributed by atoms with Crippen LogP contribution >= 0.6 is 11.3 Å². The second-order valence-electron chi connectivity index (χ2n) is 5.50. The van der Waals surface area contributed by atoms with Crippen LogP contribution in [0.25, 0.3) is 10.1 Å². The third-order valence-corrected chi connectivity index (χ3v) is 5.10. The normalized spacial score (nSPS) is 18.9. The van der Waals surface area contributed by atoms with E-state index in [2.05, 4.69) is 41.9 Å². The Labute approximate surface area is 113 Å². The van der Waals surface area contributed by atoms with Gasteiger partial charge in [-0.2, -0.15) is 0 Å². The van der Waals surface area contributed by atoms with Crippen LogP contribution in [0.15, 0.2) is 29.6 Å². The Morgan fingerprint density at radius 3 is 2.83 bits per heavy atom. The quantitative estimate of drug-likeness (QED) is 0.790. The molecule has 1 saturated carbocycles. The summed E-state index contributed by atoms with van der Waals surface area (Å²) in [6.45, 7) is 2.34. The monoisotopic (exact) mass is 259 g/mol. The lowest BCUT2D eigenvalue weighted by atomic mass is 9.84. The van der Waals surface area contributed by atoms with Crippen molar-refractivity contribution < 1.29 is 0 Å². The molecule has 18 heavy (non-hydrogen) atoms. The Morgan fingerprint density at radius 1 is 1.17 bits per heavy atom. The number of thiophene rings is 1. The lowest BCUT2D eigenvalue weighted by molar-refractivity contribution is 0.328. The molecule has 1 aromatic carbocycles. The van der Waals surface area contributed by atoms with Crippen molar-refractivity contribution >= 4 is 27.1 Å². The highest BCUT2D eigenvalue weighted by Crippen LogP contribution is 2.29. The molecule has 0 radical (unpaired) electrons. The van der Waals surface area contributed by atoms with Gasteiger partial charge in [-0.15, -0.1) is 11.3 Å². The largest absolute Gasteiger partial charge is 0.382 e. The SMILES string of the molecule is CC(Nc1ccc2sccc2c1)C1CCCCC1. The number of rotatable bonds is 3. The van der Waals surface area contributed by atoms with E-state index in [1.807, 2.05) is 11.3 Å². The van der Waals surface area contributed by atoms with Crippen molar-refractivity contribution in [1.29, 1.82) is 0 Å². The molecule has 1 atom stereocenters. The first-order chi connectivity index (χ1) is 8.83. The summed E-state index contributed by atoms with van der Waals surface area (Å²) >= 11 is 1.82. The summed E-state index contributed by atoms with van der Waals surface area (Å²) in [7, 11) is 0. The van der Waals surface area contributed by atoms with E-state index in [1.165, 1.54) is 47.9 Å². The maximum Gasteiger partial charge on any atom is 0.0349 e. The molecule has 1 aliphatic rings. The van der Waals surface area contributed by atoms with E-state index >= 15 is 0 Å². The first-order valence-corrected chi connectivity index (χ1v) is 7.95. The number of hydrogen-bond donors (Lipinski definition) is 1. The molecule has 96 valence electrons. The highest BCUT2D eigenvalue weighted by Gasteiger charge is 2.19. The summed E-state index contributed by atoms with van der Waals surface area (Å²) < 4.78 is 1.38. The Morgan fingerprint density at radius 2 is 2.00 bits per heavy atom. The Balaban J connectivity index is 1.70. The van der Waals surface area contributed by atoms with E-state index in [9.17, 15) is 0 Å². The molecule has 1 fully saturated rings. The molecule has 0 saturated heterocycles. The van der Waals surface area contributed by atoms with Crippen LogP contribution in [0.5, 0.6) is 0 Å². The van der Waals surface area contributed by atoms with Crippen molar-refractivity contribution in [3.8, 4) is 0 Å². The predicted molar refractivity (Wildman–Crippen MR) is 81.5 cm³/mol. The highest BCUT2D eigenvalue weighted by atomic mass is 32.1. The third kappa shape index (κ3) is 2.54. The van der Waals surface area contributed by atoms with E-state index in [0.29, 0.717) is 6.04 Å². The summed E-state index contributed by atoms with van der Waals surface area (Å²) in [6, 6.07) is 9.54. The maximum absolute atomic E-state index is 3.70. The minimum absolute atomic E-state index is 0.599. The Kier molecular flexibility index (Phi) is 3.55. The van der Waals surface area contributed by atoms with Gasteiger partial charge >= 0.3 is 0 Å². The molecule has 0 bridgehead atoms. The first-order valence-electron chi connectivity index (χ1n) is 7.07. The topological polar surface area (TPSA) is 12.0 Å². The van der Waals surface area contributed by atoms with Crippen LogP contribution in [0.4, 0.5) is 5.69 Å². The standard InChI is InChI=1S/C16H21NS/c1-12(13-5-3-2-4-6-13)17-15-7-8-16-14(11-15)9-10-18-16/h7-13,17H,2-6H2,1H3. The Hall–Kier alpha value is -1.02. The highest BCUT2D eigenvalue weighted by molar-refractivity contribution is 7.17. The number of nitrogens with one attached hydrogen (secondary N) is 1. The lowest BCUT2D eigenvalue weighted by Crippen LogP contribution is -2.27. The van der Waals surface area contributed by atoms with E-state index in [1.54, 1.807) is 0 Å². The van der Waals surface area contributed by atoms with Crippen LogP contribution in [-0.2, 0) is 0 Å². The van der Waals surface area contributed by atoms with Crippen molar-refractivity contribution in [3.05, 3.63) is 29.6 Å². The molecule has 1 aliphatic carbocycles. The van der Waals surface area contributed by atoms with Crippen molar-refractivity contribution in [2.75, 3.05) is 5.32 Å². The zero-order chi connectivity index (χ0) is 12.4. The van der Waals surface area contributed by atoms with Crippen LogP contribution in [0.2, 0.25) is 0 Å². The molecule has 0 spiro atoms. The maximum atomic E-state index is 3.70. The van der Waals surface area contributed by atoms with Gasteiger partial charge in [-0.3, -0.25) is 0 Å². The average Bonchev–Trinajstić information content (AvgIpc) is 2.87. The van der Waals surface area contributed by atoms with E-state index in [0.717, 1.165) is 5.92 Å². The summed E-state index contributed by atoms with van der Waals surface area (Å²) in [6.07, 6.45) is 7.06. The van der Waals surface area contributed by atoms with Gasteiger partial charge in [0, 0.05) is 16.4 Å². The van der Waals surface area contributed by atoms with Gasteiger partial charge in [0.25, 0.3) is 0 Å². The minimum atomic E-state index is 0.599. The van der Waals surface area contributed by atoms with Gasteiger partial charge in [0.2, 0.25) is 0 Å². The molecule has 1 heterocycles. The molecule has 1 aromatic heterocycles. The van der Waals surface area contributed by atoms with Crippen LogP contribution in [0.3, 0.4) is 0 Å². The summed E-state index contributed by atoms with van der Waals surface area (Å²) in [5.41, 5.74) is 1.28. The number of anilines is 1. The van der Waals surface area contributed by atoms with Crippen LogP contribution < -0.4 is 5.32 Å². The third-order valence-electron chi connectivity index (χ3n) is 4.20. The first kappa shape index (κ1) is 12.0. The van der Waals surface area contributed by atoms with Gasteiger partial charge in [0.15, 0.2) is 0 Å².